The van der Waals surface area contributed by atoms with Crippen molar-refractivity contribution in [2.45, 2.75) is 78.3 Å². The Morgan fingerprint density at radius 3 is 2.43 bits per heavy atom. The van der Waals surface area contributed by atoms with Crippen molar-refractivity contribution in [2.75, 3.05) is 0 Å². The molecule has 1 unspecified atom stereocenters. The van der Waals surface area contributed by atoms with Crippen LogP contribution in [0.4, 0.5) is 0 Å². The Hall–Kier alpha value is -0.350. The van der Waals surface area contributed by atoms with Crippen LogP contribution in [0.3, 0.4) is 0 Å². The molecule has 4 heteroatoms. The monoisotopic (exact) mass is 355 g/mol. The number of aromatic nitrogens is 2. The third kappa shape index (κ3) is 3.89. The van der Waals surface area contributed by atoms with Crippen LogP contribution in [0.15, 0.2) is 4.47 Å². The number of hydrogen-bond donors (Lipinski definition) is 1. The predicted molar refractivity (Wildman–Crippen MR) is 92.4 cm³/mol. The first-order valence-electron chi connectivity index (χ1n) is 8.60. The third-order valence-electron chi connectivity index (χ3n) is 5.20. The molecule has 0 spiro atoms. The Morgan fingerprint density at radius 2 is 1.90 bits per heavy atom. The van der Waals surface area contributed by atoms with Gasteiger partial charge in [0.15, 0.2) is 0 Å². The van der Waals surface area contributed by atoms with Crippen molar-refractivity contribution in [1.29, 1.82) is 0 Å². The second kappa shape index (κ2) is 7.77. The zero-order valence-electron chi connectivity index (χ0n) is 13.7. The molecular weight excluding hydrogens is 326 g/mol. The lowest BCUT2D eigenvalue weighted by Crippen LogP contribution is -2.35. The lowest BCUT2D eigenvalue weighted by molar-refractivity contribution is 0.236. The van der Waals surface area contributed by atoms with Gasteiger partial charge in [-0.25, -0.2) is 0 Å². The van der Waals surface area contributed by atoms with E-state index < -0.39 is 0 Å². The fourth-order valence-electron chi connectivity index (χ4n) is 3.63. The molecule has 0 bridgehead atoms. The van der Waals surface area contributed by atoms with Gasteiger partial charge in [0.25, 0.3) is 0 Å². The van der Waals surface area contributed by atoms with E-state index in [4.69, 9.17) is 5.73 Å². The predicted octanol–water partition coefficient (Wildman–Crippen LogP) is 4.31. The maximum Gasteiger partial charge on any atom is 0.0766 e. The van der Waals surface area contributed by atoms with Crippen molar-refractivity contribution < 1.29 is 0 Å². The lowest BCUT2D eigenvalue weighted by Gasteiger charge is -2.31. The Kier molecular flexibility index (Phi) is 6.30. The first-order valence-corrected chi connectivity index (χ1v) is 9.39. The molecule has 1 fully saturated rings. The molecule has 1 heterocycles. The molecule has 1 aliphatic carbocycles. The molecule has 120 valence electrons. The summed E-state index contributed by atoms with van der Waals surface area (Å²) in [7, 11) is 0. The first kappa shape index (κ1) is 17.0. The molecule has 0 aromatic carbocycles. The van der Waals surface area contributed by atoms with E-state index in [9.17, 15) is 0 Å². The van der Waals surface area contributed by atoms with Crippen molar-refractivity contribution >= 4 is 15.9 Å². The quantitative estimate of drug-likeness (QED) is 0.825. The van der Waals surface area contributed by atoms with E-state index in [0.717, 1.165) is 31.0 Å². The maximum absolute atomic E-state index is 6.55. The van der Waals surface area contributed by atoms with E-state index in [2.05, 4.69) is 46.5 Å². The second-order valence-electron chi connectivity index (χ2n) is 6.43. The molecule has 0 saturated heterocycles. The van der Waals surface area contributed by atoms with E-state index in [1.807, 2.05) is 0 Å². The van der Waals surface area contributed by atoms with E-state index in [-0.39, 0.29) is 6.04 Å². The van der Waals surface area contributed by atoms with Crippen LogP contribution in [0.2, 0.25) is 0 Å². The Balaban J connectivity index is 2.02. The van der Waals surface area contributed by atoms with Crippen molar-refractivity contribution in [2.24, 2.45) is 17.6 Å². The van der Waals surface area contributed by atoms with Gasteiger partial charge in [-0.2, -0.15) is 5.10 Å². The van der Waals surface area contributed by atoms with Crippen molar-refractivity contribution in [3.63, 3.8) is 0 Å². The minimum Gasteiger partial charge on any atom is -0.327 e. The van der Waals surface area contributed by atoms with Crippen LogP contribution >= 0.6 is 15.9 Å². The smallest absolute Gasteiger partial charge is 0.0766 e. The summed E-state index contributed by atoms with van der Waals surface area (Å²) in [6, 6.07) is 0.269. The minimum absolute atomic E-state index is 0.269. The number of halogens is 1. The number of rotatable bonds is 6. The minimum atomic E-state index is 0.269. The fraction of sp³-hybridized carbons (Fsp3) is 0.824. The SMILES string of the molecule is CCc1nn(CC)c(CC(N)C2CCC(CC)CC2)c1Br. The van der Waals surface area contributed by atoms with Crippen LogP contribution in [-0.2, 0) is 19.4 Å². The van der Waals surface area contributed by atoms with E-state index in [0.29, 0.717) is 5.92 Å². The van der Waals surface area contributed by atoms with Gasteiger partial charge in [-0.05, 0) is 54.0 Å². The van der Waals surface area contributed by atoms with Gasteiger partial charge in [-0.3, -0.25) is 4.68 Å². The molecule has 0 radical (unpaired) electrons. The number of nitrogens with zero attached hydrogens (tertiary/aromatic N) is 2. The van der Waals surface area contributed by atoms with Gasteiger partial charge in [0.2, 0.25) is 0 Å². The Bertz CT molecular complexity index is 447. The zero-order valence-corrected chi connectivity index (χ0v) is 15.3. The normalized spacial score (nSPS) is 24.2. The van der Waals surface area contributed by atoms with E-state index in [1.165, 1.54) is 42.3 Å². The van der Waals surface area contributed by atoms with Gasteiger partial charge in [-0.15, -0.1) is 0 Å². The molecule has 1 saturated carbocycles. The molecule has 21 heavy (non-hydrogen) atoms. The van der Waals surface area contributed by atoms with Crippen LogP contribution in [0, 0.1) is 11.8 Å². The van der Waals surface area contributed by atoms with Crippen molar-refractivity contribution in [3.05, 3.63) is 15.9 Å². The summed E-state index contributed by atoms with van der Waals surface area (Å²) in [6.07, 6.45) is 8.58. The van der Waals surface area contributed by atoms with Crippen molar-refractivity contribution in [1.82, 2.24) is 9.78 Å². The zero-order chi connectivity index (χ0) is 15.4. The lowest BCUT2D eigenvalue weighted by atomic mass is 9.77. The summed E-state index contributed by atoms with van der Waals surface area (Å²) in [6.45, 7) is 7.54. The number of nitrogens with two attached hydrogens (primary N) is 1. The van der Waals surface area contributed by atoms with Gasteiger partial charge in [0.1, 0.15) is 0 Å². The molecule has 1 aromatic heterocycles. The summed E-state index contributed by atoms with van der Waals surface area (Å²) < 4.78 is 3.31. The van der Waals surface area contributed by atoms with Gasteiger partial charge in [0.05, 0.1) is 15.9 Å². The average Bonchev–Trinajstić information content (AvgIpc) is 2.83. The standard InChI is InChI=1S/C17H30BrN3/c1-4-12-7-9-13(10-8-12)14(19)11-16-17(18)15(5-2)20-21(16)6-3/h12-14H,4-11,19H2,1-3H3. The molecule has 0 amide bonds. The first-order chi connectivity index (χ1) is 10.1. The highest BCUT2D eigenvalue weighted by Crippen LogP contribution is 2.33. The Morgan fingerprint density at radius 1 is 1.24 bits per heavy atom. The van der Waals surface area contributed by atoms with Gasteiger partial charge >= 0.3 is 0 Å². The summed E-state index contributed by atoms with van der Waals surface area (Å²) in [5.74, 6) is 1.62. The van der Waals surface area contributed by atoms with Crippen LogP contribution in [0.1, 0.15) is 64.3 Å². The molecule has 1 aromatic rings. The van der Waals surface area contributed by atoms with Crippen LogP contribution < -0.4 is 5.73 Å². The highest BCUT2D eigenvalue weighted by molar-refractivity contribution is 9.10. The summed E-state index contributed by atoms with van der Waals surface area (Å²) in [4.78, 5) is 0. The number of hydrogen-bond acceptors (Lipinski definition) is 2. The van der Waals surface area contributed by atoms with E-state index >= 15 is 0 Å². The topological polar surface area (TPSA) is 43.8 Å². The highest BCUT2D eigenvalue weighted by Gasteiger charge is 2.26. The fourth-order valence-corrected chi connectivity index (χ4v) is 4.35. The third-order valence-corrected chi connectivity index (χ3v) is 6.11. The molecule has 1 aliphatic rings. The largest absolute Gasteiger partial charge is 0.327 e. The van der Waals surface area contributed by atoms with Gasteiger partial charge in [0, 0.05) is 19.0 Å². The summed E-state index contributed by atoms with van der Waals surface area (Å²) >= 11 is 3.74. The number of aryl methyl sites for hydroxylation is 2. The molecular formula is C17H30BrN3. The van der Waals surface area contributed by atoms with E-state index in [1.54, 1.807) is 0 Å². The molecule has 0 aliphatic heterocycles. The highest BCUT2D eigenvalue weighted by atomic mass is 79.9. The molecule has 2 N–H and O–H groups in total. The van der Waals surface area contributed by atoms with Crippen LogP contribution in [0.25, 0.3) is 0 Å². The summed E-state index contributed by atoms with van der Waals surface area (Å²) in [5.41, 5.74) is 9.00. The van der Waals surface area contributed by atoms with Crippen molar-refractivity contribution in [3.8, 4) is 0 Å². The second-order valence-corrected chi connectivity index (χ2v) is 7.23. The Labute approximate surface area is 137 Å². The van der Waals surface area contributed by atoms with Crippen LogP contribution in [-0.4, -0.2) is 15.8 Å². The molecule has 3 nitrogen and oxygen atoms in total. The van der Waals surface area contributed by atoms with Crippen LogP contribution in [0.5, 0.6) is 0 Å². The van der Waals surface area contributed by atoms with Gasteiger partial charge < -0.3 is 5.73 Å². The maximum atomic E-state index is 6.55. The van der Waals surface area contributed by atoms with Gasteiger partial charge in [-0.1, -0.05) is 33.1 Å². The molecule has 1 atom stereocenters. The summed E-state index contributed by atoms with van der Waals surface area (Å²) in [5, 5.41) is 4.68. The molecule has 2 rings (SSSR count). The average molecular weight is 356 g/mol.